The fraction of sp³-hybridized carbons (Fsp3) is 0.375. The summed E-state index contributed by atoms with van der Waals surface area (Å²) in [5.41, 5.74) is 10.4. The molecule has 0 aliphatic rings. The minimum absolute atomic E-state index is 0.131. The van der Waals surface area contributed by atoms with Crippen molar-refractivity contribution in [3.8, 4) is 11.3 Å². The third-order valence-electron chi connectivity index (χ3n) is 3.27. The molecule has 2 aromatic rings. The van der Waals surface area contributed by atoms with Gasteiger partial charge in [-0.2, -0.15) is 0 Å². The number of nitrogens with zero attached hydrogens (tertiary/aromatic N) is 2. The molecule has 1 heterocycles. The zero-order chi connectivity index (χ0) is 14.0. The molecule has 1 aromatic heterocycles. The lowest BCUT2D eigenvalue weighted by molar-refractivity contribution is 0.590. The Morgan fingerprint density at radius 1 is 1.16 bits per heavy atom. The standard InChI is InChI=1S/C16H21N3/c1-11-5-6-12(16(2,3)4)9-13(11)14-7-8-18-15(10-17)19-14/h5-9H,10,17H2,1-4H3. The Morgan fingerprint density at radius 3 is 2.53 bits per heavy atom. The van der Waals surface area contributed by atoms with E-state index < -0.39 is 0 Å². The highest BCUT2D eigenvalue weighted by molar-refractivity contribution is 5.64. The molecule has 19 heavy (non-hydrogen) atoms. The van der Waals surface area contributed by atoms with Gasteiger partial charge in [0.1, 0.15) is 5.82 Å². The Labute approximate surface area is 114 Å². The van der Waals surface area contributed by atoms with Crippen LogP contribution < -0.4 is 5.73 Å². The van der Waals surface area contributed by atoms with Gasteiger partial charge in [-0.3, -0.25) is 0 Å². The van der Waals surface area contributed by atoms with E-state index in [4.69, 9.17) is 5.73 Å². The Hall–Kier alpha value is -1.74. The smallest absolute Gasteiger partial charge is 0.142 e. The molecule has 0 amide bonds. The summed E-state index contributed by atoms with van der Waals surface area (Å²) < 4.78 is 0. The van der Waals surface area contributed by atoms with E-state index in [0.29, 0.717) is 12.4 Å². The van der Waals surface area contributed by atoms with Crippen LogP contribution in [0.3, 0.4) is 0 Å². The molecule has 3 nitrogen and oxygen atoms in total. The molecular formula is C16H21N3. The van der Waals surface area contributed by atoms with Gasteiger partial charge in [0, 0.05) is 11.8 Å². The van der Waals surface area contributed by atoms with Crippen molar-refractivity contribution in [1.29, 1.82) is 0 Å². The minimum atomic E-state index is 0.131. The van der Waals surface area contributed by atoms with Crippen LogP contribution in [0.5, 0.6) is 0 Å². The van der Waals surface area contributed by atoms with Crippen molar-refractivity contribution in [1.82, 2.24) is 9.97 Å². The zero-order valence-electron chi connectivity index (χ0n) is 12.1. The first kappa shape index (κ1) is 13.7. The predicted octanol–water partition coefficient (Wildman–Crippen LogP) is 3.21. The van der Waals surface area contributed by atoms with Gasteiger partial charge in [-0.15, -0.1) is 0 Å². The maximum Gasteiger partial charge on any atom is 0.142 e. The van der Waals surface area contributed by atoms with Crippen LogP contribution in [-0.4, -0.2) is 9.97 Å². The normalized spacial score (nSPS) is 11.6. The van der Waals surface area contributed by atoms with Gasteiger partial charge in [-0.05, 0) is 35.6 Å². The summed E-state index contributed by atoms with van der Waals surface area (Å²) in [4.78, 5) is 8.66. The van der Waals surface area contributed by atoms with Crippen LogP contribution in [0.1, 0.15) is 37.7 Å². The van der Waals surface area contributed by atoms with Crippen molar-refractivity contribution >= 4 is 0 Å². The number of aromatic nitrogens is 2. The molecule has 0 bridgehead atoms. The molecule has 0 fully saturated rings. The van der Waals surface area contributed by atoms with E-state index in [1.54, 1.807) is 6.20 Å². The number of aryl methyl sites for hydroxylation is 1. The largest absolute Gasteiger partial charge is 0.324 e. The summed E-state index contributed by atoms with van der Waals surface area (Å²) in [5.74, 6) is 0.679. The van der Waals surface area contributed by atoms with Crippen molar-refractivity contribution in [2.45, 2.75) is 39.7 Å². The predicted molar refractivity (Wildman–Crippen MR) is 78.8 cm³/mol. The van der Waals surface area contributed by atoms with Crippen LogP contribution in [-0.2, 0) is 12.0 Å². The summed E-state index contributed by atoms with van der Waals surface area (Å²) in [6, 6.07) is 8.50. The van der Waals surface area contributed by atoms with Crippen molar-refractivity contribution in [3.63, 3.8) is 0 Å². The number of benzene rings is 1. The highest BCUT2D eigenvalue weighted by atomic mass is 14.9. The van der Waals surface area contributed by atoms with E-state index in [-0.39, 0.29) is 5.41 Å². The average Bonchev–Trinajstić information content (AvgIpc) is 2.38. The molecule has 0 spiro atoms. The number of nitrogens with two attached hydrogens (primary N) is 1. The van der Waals surface area contributed by atoms with Gasteiger partial charge in [0.25, 0.3) is 0 Å². The van der Waals surface area contributed by atoms with Gasteiger partial charge in [0.15, 0.2) is 0 Å². The molecule has 0 atom stereocenters. The topological polar surface area (TPSA) is 51.8 Å². The van der Waals surface area contributed by atoms with Gasteiger partial charge in [0.05, 0.1) is 12.2 Å². The van der Waals surface area contributed by atoms with Crippen LogP contribution in [0.2, 0.25) is 0 Å². The van der Waals surface area contributed by atoms with E-state index in [1.165, 1.54) is 11.1 Å². The number of rotatable bonds is 2. The van der Waals surface area contributed by atoms with E-state index in [2.05, 4.69) is 55.9 Å². The van der Waals surface area contributed by atoms with Crippen LogP contribution in [0.25, 0.3) is 11.3 Å². The fourth-order valence-electron chi connectivity index (χ4n) is 2.01. The van der Waals surface area contributed by atoms with Crippen molar-refractivity contribution in [2.75, 3.05) is 0 Å². The SMILES string of the molecule is Cc1ccc(C(C)(C)C)cc1-c1ccnc(CN)n1. The average molecular weight is 255 g/mol. The molecule has 1 aromatic carbocycles. The van der Waals surface area contributed by atoms with E-state index in [9.17, 15) is 0 Å². The van der Waals surface area contributed by atoms with Gasteiger partial charge < -0.3 is 5.73 Å². The molecule has 2 rings (SSSR count). The van der Waals surface area contributed by atoms with Crippen molar-refractivity contribution in [2.24, 2.45) is 5.73 Å². The molecule has 0 aliphatic carbocycles. The fourth-order valence-corrected chi connectivity index (χ4v) is 2.01. The first-order valence-electron chi connectivity index (χ1n) is 6.55. The lowest BCUT2D eigenvalue weighted by atomic mass is 9.85. The molecule has 0 saturated carbocycles. The Kier molecular flexibility index (Phi) is 3.67. The van der Waals surface area contributed by atoms with Gasteiger partial charge in [0.2, 0.25) is 0 Å². The number of hydrogen-bond donors (Lipinski definition) is 1. The molecule has 3 heteroatoms. The Balaban J connectivity index is 2.54. The van der Waals surface area contributed by atoms with E-state index in [0.717, 1.165) is 11.3 Å². The van der Waals surface area contributed by atoms with Gasteiger partial charge in [-0.25, -0.2) is 9.97 Å². The highest BCUT2D eigenvalue weighted by Crippen LogP contribution is 2.29. The summed E-state index contributed by atoms with van der Waals surface area (Å²) in [6.07, 6.45) is 1.77. The lowest BCUT2D eigenvalue weighted by Gasteiger charge is -2.20. The van der Waals surface area contributed by atoms with Crippen molar-refractivity contribution in [3.05, 3.63) is 47.4 Å². The zero-order valence-corrected chi connectivity index (χ0v) is 12.1. The van der Waals surface area contributed by atoms with Crippen LogP contribution in [0.4, 0.5) is 0 Å². The molecule has 2 N–H and O–H groups in total. The maximum absolute atomic E-state index is 5.61. The Bertz CT molecular complexity index is 583. The summed E-state index contributed by atoms with van der Waals surface area (Å²) in [6.45, 7) is 9.12. The molecule has 100 valence electrons. The second-order valence-corrected chi connectivity index (χ2v) is 5.84. The highest BCUT2D eigenvalue weighted by Gasteiger charge is 2.15. The van der Waals surface area contributed by atoms with Crippen LogP contribution >= 0.6 is 0 Å². The van der Waals surface area contributed by atoms with E-state index in [1.807, 2.05) is 6.07 Å². The van der Waals surface area contributed by atoms with Crippen LogP contribution in [0.15, 0.2) is 30.5 Å². The van der Waals surface area contributed by atoms with Gasteiger partial charge in [-0.1, -0.05) is 32.9 Å². The molecule has 0 unspecified atom stereocenters. The van der Waals surface area contributed by atoms with Crippen LogP contribution in [0, 0.1) is 6.92 Å². The minimum Gasteiger partial charge on any atom is -0.324 e. The second kappa shape index (κ2) is 5.10. The molecular weight excluding hydrogens is 234 g/mol. The lowest BCUT2D eigenvalue weighted by Crippen LogP contribution is -2.11. The summed E-state index contributed by atoms with van der Waals surface area (Å²) >= 11 is 0. The monoisotopic (exact) mass is 255 g/mol. The maximum atomic E-state index is 5.61. The van der Waals surface area contributed by atoms with Gasteiger partial charge >= 0.3 is 0 Å². The third kappa shape index (κ3) is 2.99. The second-order valence-electron chi connectivity index (χ2n) is 5.84. The van der Waals surface area contributed by atoms with Crippen molar-refractivity contribution < 1.29 is 0 Å². The summed E-state index contributed by atoms with van der Waals surface area (Å²) in [7, 11) is 0. The molecule has 0 radical (unpaired) electrons. The first-order chi connectivity index (χ1) is 8.91. The first-order valence-corrected chi connectivity index (χ1v) is 6.55. The summed E-state index contributed by atoms with van der Waals surface area (Å²) in [5, 5.41) is 0. The third-order valence-corrected chi connectivity index (χ3v) is 3.27. The number of hydrogen-bond acceptors (Lipinski definition) is 3. The quantitative estimate of drug-likeness (QED) is 0.896. The van der Waals surface area contributed by atoms with E-state index >= 15 is 0 Å². The Morgan fingerprint density at radius 2 is 1.89 bits per heavy atom. The molecule has 0 aliphatic heterocycles. The molecule has 0 saturated heterocycles.